The van der Waals surface area contributed by atoms with Crippen molar-refractivity contribution in [3.63, 3.8) is 0 Å². The van der Waals surface area contributed by atoms with Gasteiger partial charge in [0, 0.05) is 6.20 Å². The van der Waals surface area contributed by atoms with Crippen molar-refractivity contribution >= 4 is 21.8 Å². The second-order valence-electron chi connectivity index (χ2n) is 3.69. The zero-order valence-electron chi connectivity index (χ0n) is 9.82. The van der Waals surface area contributed by atoms with Gasteiger partial charge in [-0.1, -0.05) is 11.2 Å². The summed E-state index contributed by atoms with van der Waals surface area (Å²) in [6.45, 7) is 0. The Morgan fingerprint density at radius 1 is 1.42 bits per heavy atom. The second-order valence-corrected chi connectivity index (χ2v) is 5.44. The maximum atomic E-state index is 11.4. The molecule has 0 aliphatic heterocycles. The standard InChI is InChI=1S/C10H10N4O4S/c1-19(16,17)14-10-7(9(11)15)8(13-18-10)6-4-2-3-5-12-6/h2-5,14H,1H3,(H2,11,15). The van der Waals surface area contributed by atoms with Gasteiger partial charge in [0.05, 0.1) is 11.9 Å². The molecule has 0 bridgehead atoms. The third kappa shape index (κ3) is 2.88. The first kappa shape index (κ1) is 13.0. The number of carbonyl (C=O) groups is 1. The van der Waals surface area contributed by atoms with Crippen LogP contribution in [0.3, 0.4) is 0 Å². The Kier molecular flexibility index (Phi) is 3.21. The Hall–Kier alpha value is -2.42. The molecular weight excluding hydrogens is 272 g/mol. The van der Waals surface area contributed by atoms with Crippen molar-refractivity contribution in [2.75, 3.05) is 11.0 Å². The van der Waals surface area contributed by atoms with Crippen molar-refractivity contribution in [3.8, 4) is 11.4 Å². The Labute approximate surface area is 108 Å². The van der Waals surface area contributed by atoms with Crippen LogP contribution < -0.4 is 10.5 Å². The summed E-state index contributed by atoms with van der Waals surface area (Å²) < 4.78 is 29.2. The number of carbonyl (C=O) groups excluding carboxylic acids is 1. The van der Waals surface area contributed by atoms with Crippen LogP contribution in [0.1, 0.15) is 10.4 Å². The molecule has 2 aromatic rings. The Morgan fingerprint density at radius 3 is 2.68 bits per heavy atom. The first-order valence-electron chi connectivity index (χ1n) is 5.07. The van der Waals surface area contributed by atoms with Crippen molar-refractivity contribution in [1.29, 1.82) is 0 Å². The van der Waals surface area contributed by atoms with Crippen molar-refractivity contribution in [1.82, 2.24) is 10.1 Å². The molecule has 0 radical (unpaired) electrons. The van der Waals surface area contributed by atoms with Gasteiger partial charge in [0.15, 0.2) is 0 Å². The molecule has 0 atom stereocenters. The molecule has 2 rings (SSSR count). The normalized spacial score (nSPS) is 11.2. The fourth-order valence-electron chi connectivity index (χ4n) is 1.43. The zero-order chi connectivity index (χ0) is 14.0. The van der Waals surface area contributed by atoms with Crippen LogP contribution >= 0.6 is 0 Å². The van der Waals surface area contributed by atoms with Crippen molar-refractivity contribution in [2.24, 2.45) is 5.73 Å². The van der Waals surface area contributed by atoms with Crippen LogP contribution in [0.25, 0.3) is 11.4 Å². The molecule has 9 heteroatoms. The van der Waals surface area contributed by atoms with E-state index < -0.39 is 15.9 Å². The molecule has 2 heterocycles. The van der Waals surface area contributed by atoms with Gasteiger partial charge in [-0.3, -0.25) is 14.5 Å². The Balaban J connectivity index is 2.56. The molecule has 0 saturated heterocycles. The van der Waals surface area contributed by atoms with Gasteiger partial charge in [0.25, 0.3) is 11.8 Å². The number of anilines is 1. The van der Waals surface area contributed by atoms with Crippen molar-refractivity contribution in [3.05, 3.63) is 30.0 Å². The number of nitrogens with two attached hydrogens (primary N) is 1. The summed E-state index contributed by atoms with van der Waals surface area (Å²) >= 11 is 0. The van der Waals surface area contributed by atoms with Gasteiger partial charge in [-0.25, -0.2) is 8.42 Å². The number of aromatic nitrogens is 2. The molecule has 100 valence electrons. The molecule has 1 amide bonds. The molecule has 0 aliphatic carbocycles. The van der Waals surface area contributed by atoms with E-state index in [1.807, 2.05) is 4.72 Å². The lowest BCUT2D eigenvalue weighted by atomic mass is 10.1. The molecule has 0 aliphatic rings. The van der Waals surface area contributed by atoms with Gasteiger partial charge in [-0.15, -0.1) is 0 Å². The number of nitrogens with zero attached hydrogens (tertiary/aromatic N) is 2. The Bertz CT molecular complexity index is 708. The van der Waals surface area contributed by atoms with Gasteiger partial charge < -0.3 is 10.3 Å². The zero-order valence-corrected chi connectivity index (χ0v) is 10.6. The van der Waals surface area contributed by atoms with E-state index in [1.54, 1.807) is 18.2 Å². The number of pyridine rings is 1. The van der Waals surface area contributed by atoms with E-state index in [4.69, 9.17) is 10.3 Å². The summed E-state index contributed by atoms with van der Waals surface area (Å²) in [5, 5.41) is 3.63. The van der Waals surface area contributed by atoms with Crippen LogP contribution in [0.15, 0.2) is 28.9 Å². The fourth-order valence-corrected chi connectivity index (χ4v) is 1.91. The number of amides is 1. The van der Waals surface area contributed by atoms with Gasteiger partial charge in [-0.2, -0.15) is 0 Å². The van der Waals surface area contributed by atoms with Gasteiger partial charge in [0.2, 0.25) is 10.0 Å². The van der Waals surface area contributed by atoms with Crippen molar-refractivity contribution < 1.29 is 17.7 Å². The van der Waals surface area contributed by atoms with E-state index in [0.717, 1.165) is 6.26 Å². The predicted octanol–water partition coefficient (Wildman–Crippen LogP) is 0.207. The highest BCUT2D eigenvalue weighted by molar-refractivity contribution is 7.92. The average molecular weight is 282 g/mol. The number of rotatable bonds is 4. The van der Waals surface area contributed by atoms with E-state index in [9.17, 15) is 13.2 Å². The summed E-state index contributed by atoms with van der Waals surface area (Å²) in [6, 6.07) is 4.96. The maximum Gasteiger partial charge on any atom is 0.256 e. The lowest BCUT2D eigenvalue weighted by molar-refractivity contribution is 0.100. The number of nitrogens with one attached hydrogen (secondary N) is 1. The summed E-state index contributed by atoms with van der Waals surface area (Å²) in [5.41, 5.74) is 5.48. The molecule has 0 unspecified atom stereocenters. The van der Waals surface area contributed by atoms with Crippen LogP contribution in [0.2, 0.25) is 0 Å². The largest absolute Gasteiger partial charge is 0.365 e. The lowest BCUT2D eigenvalue weighted by Gasteiger charge is -2.01. The highest BCUT2D eigenvalue weighted by atomic mass is 32.2. The highest BCUT2D eigenvalue weighted by Gasteiger charge is 2.24. The molecule has 2 aromatic heterocycles. The second kappa shape index (κ2) is 4.69. The molecule has 3 N–H and O–H groups in total. The summed E-state index contributed by atoms with van der Waals surface area (Å²) in [6.07, 6.45) is 2.42. The van der Waals surface area contributed by atoms with Crippen LogP contribution in [0.4, 0.5) is 5.88 Å². The van der Waals surface area contributed by atoms with Crippen LogP contribution in [0, 0.1) is 0 Å². The molecule has 0 saturated carbocycles. The molecule has 0 spiro atoms. The minimum Gasteiger partial charge on any atom is -0.365 e. The van der Waals surface area contributed by atoms with E-state index in [1.165, 1.54) is 6.20 Å². The lowest BCUT2D eigenvalue weighted by Crippen LogP contribution is -2.16. The minimum absolute atomic E-state index is 0.0826. The number of primary amides is 1. The molecule has 19 heavy (non-hydrogen) atoms. The molecular formula is C10H10N4O4S. The summed E-state index contributed by atoms with van der Waals surface area (Å²) in [5.74, 6) is -1.19. The first-order valence-corrected chi connectivity index (χ1v) is 6.96. The first-order chi connectivity index (χ1) is 8.88. The summed E-state index contributed by atoms with van der Waals surface area (Å²) in [7, 11) is -3.61. The minimum atomic E-state index is -3.61. The van der Waals surface area contributed by atoms with E-state index in [2.05, 4.69) is 10.1 Å². The third-order valence-electron chi connectivity index (χ3n) is 2.12. The molecule has 8 nitrogen and oxygen atoms in total. The number of hydrogen-bond donors (Lipinski definition) is 2. The highest BCUT2D eigenvalue weighted by Crippen LogP contribution is 2.27. The SMILES string of the molecule is CS(=O)(=O)Nc1onc(-c2ccccn2)c1C(N)=O. The maximum absolute atomic E-state index is 11.4. The van der Waals surface area contributed by atoms with Gasteiger partial charge in [0.1, 0.15) is 11.3 Å². The topological polar surface area (TPSA) is 128 Å². The van der Waals surface area contributed by atoms with Gasteiger partial charge >= 0.3 is 0 Å². The summed E-state index contributed by atoms with van der Waals surface area (Å²) in [4.78, 5) is 15.4. The number of hydrogen-bond acceptors (Lipinski definition) is 6. The van der Waals surface area contributed by atoms with E-state index in [0.29, 0.717) is 5.69 Å². The van der Waals surface area contributed by atoms with E-state index >= 15 is 0 Å². The molecule has 0 aromatic carbocycles. The monoisotopic (exact) mass is 282 g/mol. The van der Waals surface area contributed by atoms with Crippen LogP contribution in [-0.4, -0.2) is 30.7 Å². The fraction of sp³-hybridized carbons (Fsp3) is 0.100. The van der Waals surface area contributed by atoms with Crippen LogP contribution in [-0.2, 0) is 10.0 Å². The third-order valence-corrected chi connectivity index (χ3v) is 2.68. The smallest absolute Gasteiger partial charge is 0.256 e. The van der Waals surface area contributed by atoms with E-state index in [-0.39, 0.29) is 17.1 Å². The Morgan fingerprint density at radius 2 is 2.16 bits per heavy atom. The quantitative estimate of drug-likeness (QED) is 0.824. The average Bonchev–Trinajstić information content (AvgIpc) is 2.71. The van der Waals surface area contributed by atoms with Gasteiger partial charge in [-0.05, 0) is 12.1 Å². The number of sulfonamides is 1. The van der Waals surface area contributed by atoms with Crippen LogP contribution in [0.5, 0.6) is 0 Å². The molecule has 0 fully saturated rings. The van der Waals surface area contributed by atoms with Crippen molar-refractivity contribution in [2.45, 2.75) is 0 Å². The predicted molar refractivity (Wildman–Crippen MR) is 66.7 cm³/mol.